The lowest BCUT2D eigenvalue weighted by molar-refractivity contribution is -0.120. The zero-order valence-corrected chi connectivity index (χ0v) is 18.5. The van der Waals surface area contributed by atoms with E-state index in [0.717, 1.165) is 49.0 Å². The van der Waals surface area contributed by atoms with E-state index in [1.54, 1.807) is 32.4 Å². The van der Waals surface area contributed by atoms with Gasteiger partial charge in [-0.3, -0.25) is 9.59 Å². The van der Waals surface area contributed by atoms with E-state index in [4.69, 9.17) is 9.47 Å². The first-order valence-electron chi connectivity index (χ1n) is 10.6. The lowest BCUT2D eigenvalue weighted by Crippen LogP contribution is -2.37. The molecule has 0 N–H and O–H groups in total. The van der Waals surface area contributed by atoms with Gasteiger partial charge in [-0.25, -0.2) is 4.90 Å². The lowest BCUT2D eigenvalue weighted by atomic mass is 9.98. The molecule has 4 rings (SSSR count). The molecule has 0 radical (unpaired) electrons. The third-order valence-corrected chi connectivity index (χ3v) is 6.12. The average molecular weight is 421 g/mol. The van der Waals surface area contributed by atoms with Gasteiger partial charge in [0.15, 0.2) is 0 Å². The third-order valence-electron chi connectivity index (χ3n) is 6.12. The Bertz CT molecular complexity index is 1040. The van der Waals surface area contributed by atoms with Crippen LogP contribution in [0.1, 0.15) is 36.0 Å². The molecule has 1 fully saturated rings. The number of benzene rings is 2. The van der Waals surface area contributed by atoms with E-state index >= 15 is 0 Å². The van der Waals surface area contributed by atoms with Crippen molar-refractivity contribution in [2.75, 3.05) is 32.2 Å². The molecule has 162 valence electrons. The Hall–Kier alpha value is -3.28. The quantitative estimate of drug-likeness (QED) is 0.682. The lowest BCUT2D eigenvalue weighted by Gasteiger charge is -2.29. The fourth-order valence-electron chi connectivity index (χ4n) is 4.24. The zero-order valence-electron chi connectivity index (χ0n) is 18.5. The van der Waals surface area contributed by atoms with Crippen molar-refractivity contribution in [3.8, 4) is 11.5 Å². The number of imide groups is 1. The van der Waals surface area contributed by atoms with E-state index in [9.17, 15) is 9.59 Å². The van der Waals surface area contributed by atoms with Crippen molar-refractivity contribution in [2.24, 2.45) is 0 Å². The Morgan fingerprint density at radius 2 is 1.42 bits per heavy atom. The Kier molecular flexibility index (Phi) is 5.72. The first kappa shape index (κ1) is 21.0. The highest BCUT2D eigenvalue weighted by Crippen LogP contribution is 2.38. The Balaban J connectivity index is 1.85. The van der Waals surface area contributed by atoms with E-state index in [1.807, 2.05) is 32.0 Å². The summed E-state index contributed by atoms with van der Waals surface area (Å²) in [6.45, 7) is 5.61. The summed E-state index contributed by atoms with van der Waals surface area (Å²) in [4.78, 5) is 30.7. The molecule has 0 spiro atoms. The highest BCUT2D eigenvalue weighted by atomic mass is 16.5. The van der Waals surface area contributed by atoms with Crippen LogP contribution in [0.4, 0.5) is 5.69 Å². The van der Waals surface area contributed by atoms with Crippen LogP contribution >= 0.6 is 0 Å². The molecule has 2 aromatic carbocycles. The summed E-state index contributed by atoms with van der Waals surface area (Å²) in [5, 5.41) is 0. The molecule has 6 nitrogen and oxygen atoms in total. The van der Waals surface area contributed by atoms with Gasteiger partial charge in [0.25, 0.3) is 11.8 Å². The molecular formula is C25H28N2O4. The Morgan fingerprint density at radius 1 is 0.774 bits per heavy atom. The number of carbonyl (C=O) groups is 2. The molecule has 31 heavy (non-hydrogen) atoms. The van der Waals surface area contributed by atoms with Crippen molar-refractivity contribution in [3.05, 3.63) is 58.8 Å². The van der Waals surface area contributed by atoms with Crippen LogP contribution in [0.25, 0.3) is 5.57 Å². The van der Waals surface area contributed by atoms with Crippen molar-refractivity contribution in [1.82, 2.24) is 4.90 Å². The summed E-state index contributed by atoms with van der Waals surface area (Å²) < 4.78 is 10.7. The number of hydrogen-bond acceptors (Lipinski definition) is 5. The van der Waals surface area contributed by atoms with Crippen LogP contribution in [0.5, 0.6) is 11.5 Å². The number of aryl methyl sites for hydroxylation is 2. The second kappa shape index (κ2) is 8.46. The normalized spacial score (nSPS) is 16.9. The average Bonchev–Trinajstić information content (AvgIpc) is 3.05. The number of nitrogens with zero attached hydrogens (tertiary/aromatic N) is 2. The van der Waals surface area contributed by atoms with Crippen molar-refractivity contribution < 1.29 is 19.1 Å². The summed E-state index contributed by atoms with van der Waals surface area (Å²) in [6, 6.07) is 11.0. The predicted octanol–water partition coefficient (Wildman–Crippen LogP) is 4.09. The molecule has 0 unspecified atom stereocenters. The molecule has 2 aliphatic rings. The summed E-state index contributed by atoms with van der Waals surface area (Å²) in [5.74, 6) is 0.433. The Labute approximate surface area is 183 Å². The molecule has 2 heterocycles. The number of ether oxygens (including phenoxy) is 2. The fraction of sp³-hybridized carbons (Fsp3) is 0.360. The standard InChI is InChI=1S/C25H28N2O4/c1-16-8-9-18(12-17(16)2)22-23(26-10-6-5-7-11-26)25(29)27(24(22)28)19-13-20(30-3)15-21(14-19)31-4/h8-9,12-15H,5-7,10-11H2,1-4H3. The first-order valence-corrected chi connectivity index (χ1v) is 10.6. The zero-order chi connectivity index (χ0) is 22.1. The number of rotatable bonds is 5. The minimum absolute atomic E-state index is 0.296. The summed E-state index contributed by atoms with van der Waals surface area (Å²) >= 11 is 0. The topological polar surface area (TPSA) is 59.1 Å². The van der Waals surface area contributed by atoms with Gasteiger partial charge >= 0.3 is 0 Å². The van der Waals surface area contributed by atoms with Crippen LogP contribution < -0.4 is 14.4 Å². The van der Waals surface area contributed by atoms with Crippen molar-refractivity contribution in [1.29, 1.82) is 0 Å². The van der Waals surface area contributed by atoms with E-state index in [0.29, 0.717) is 28.5 Å². The van der Waals surface area contributed by atoms with Gasteiger partial charge in [0.2, 0.25) is 0 Å². The van der Waals surface area contributed by atoms with Crippen LogP contribution in [0, 0.1) is 13.8 Å². The number of carbonyl (C=O) groups excluding carboxylic acids is 2. The van der Waals surface area contributed by atoms with Crippen LogP contribution in [0.2, 0.25) is 0 Å². The largest absolute Gasteiger partial charge is 0.497 e. The van der Waals surface area contributed by atoms with E-state index < -0.39 is 0 Å². The molecule has 0 saturated carbocycles. The summed E-state index contributed by atoms with van der Waals surface area (Å²) in [7, 11) is 3.09. The number of anilines is 1. The number of methoxy groups -OCH3 is 2. The molecule has 0 aromatic heterocycles. The molecule has 2 aromatic rings. The molecule has 0 aliphatic carbocycles. The number of amides is 2. The molecule has 1 saturated heterocycles. The maximum absolute atomic E-state index is 13.7. The van der Waals surface area contributed by atoms with Gasteiger partial charge in [0.1, 0.15) is 17.2 Å². The molecule has 6 heteroatoms. The maximum Gasteiger partial charge on any atom is 0.282 e. The predicted molar refractivity (Wildman–Crippen MR) is 120 cm³/mol. The van der Waals surface area contributed by atoms with E-state index in [1.165, 1.54) is 4.90 Å². The Morgan fingerprint density at radius 3 is 2.00 bits per heavy atom. The van der Waals surface area contributed by atoms with E-state index in [-0.39, 0.29) is 11.8 Å². The second-order valence-electron chi connectivity index (χ2n) is 8.09. The van der Waals surface area contributed by atoms with Crippen LogP contribution in [-0.2, 0) is 9.59 Å². The van der Waals surface area contributed by atoms with Gasteiger partial charge in [-0.1, -0.05) is 18.2 Å². The molecule has 2 aliphatic heterocycles. The fourth-order valence-corrected chi connectivity index (χ4v) is 4.24. The molecule has 2 amide bonds. The van der Waals surface area contributed by atoms with Gasteiger partial charge < -0.3 is 14.4 Å². The molecule has 0 atom stereocenters. The second-order valence-corrected chi connectivity index (χ2v) is 8.09. The molecular weight excluding hydrogens is 392 g/mol. The van der Waals surface area contributed by atoms with Gasteiger partial charge in [-0.05, 0) is 49.8 Å². The van der Waals surface area contributed by atoms with Gasteiger partial charge in [0, 0.05) is 31.3 Å². The van der Waals surface area contributed by atoms with Gasteiger partial charge in [-0.2, -0.15) is 0 Å². The van der Waals surface area contributed by atoms with E-state index in [2.05, 4.69) is 4.90 Å². The minimum Gasteiger partial charge on any atom is -0.497 e. The third kappa shape index (κ3) is 3.78. The SMILES string of the molecule is COc1cc(OC)cc(N2C(=O)C(c3ccc(C)c(C)c3)=C(N3CCCCC3)C2=O)c1. The number of piperidine rings is 1. The van der Waals surface area contributed by atoms with Crippen LogP contribution in [-0.4, -0.2) is 44.0 Å². The minimum atomic E-state index is -0.316. The van der Waals surface area contributed by atoms with Crippen molar-refractivity contribution in [3.63, 3.8) is 0 Å². The first-order chi connectivity index (χ1) is 14.9. The molecule has 0 bridgehead atoms. The summed E-state index contributed by atoms with van der Waals surface area (Å²) in [5.41, 5.74) is 4.42. The van der Waals surface area contributed by atoms with Gasteiger partial charge in [-0.15, -0.1) is 0 Å². The highest BCUT2D eigenvalue weighted by Gasteiger charge is 2.43. The van der Waals surface area contributed by atoms with Crippen molar-refractivity contribution in [2.45, 2.75) is 33.1 Å². The maximum atomic E-state index is 13.7. The monoisotopic (exact) mass is 420 g/mol. The smallest absolute Gasteiger partial charge is 0.282 e. The number of hydrogen-bond donors (Lipinski definition) is 0. The van der Waals surface area contributed by atoms with Crippen molar-refractivity contribution >= 4 is 23.1 Å². The van der Waals surface area contributed by atoms with Gasteiger partial charge in [0.05, 0.1) is 25.5 Å². The highest BCUT2D eigenvalue weighted by molar-refractivity contribution is 6.45. The number of likely N-dealkylation sites (tertiary alicyclic amines) is 1. The summed E-state index contributed by atoms with van der Waals surface area (Å²) in [6.07, 6.45) is 3.16. The van der Waals surface area contributed by atoms with Crippen LogP contribution in [0.15, 0.2) is 42.1 Å². The van der Waals surface area contributed by atoms with Crippen LogP contribution in [0.3, 0.4) is 0 Å².